The van der Waals surface area contributed by atoms with Crippen LogP contribution in [0.25, 0.3) is 0 Å². The van der Waals surface area contributed by atoms with E-state index in [1.54, 1.807) is 0 Å². The van der Waals surface area contributed by atoms with Gasteiger partial charge in [0.2, 0.25) is 0 Å². The molecule has 0 spiro atoms. The van der Waals surface area contributed by atoms with Gasteiger partial charge in [-0.1, -0.05) is 0 Å². The van der Waals surface area contributed by atoms with E-state index in [1.165, 1.54) is 34.0 Å². The Hall–Kier alpha value is -1.17. The highest BCUT2D eigenvalue weighted by Gasteiger charge is 2.31. The number of imidazole rings is 1. The Morgan fingerprint density at radius 1 is 1.35 bits per heavy atom. The third kappa shape index (κ3) is 3.37. The van der Waals surface area contributed by atoms with E-state index >= 15 is 0 Å². The highest BCUT2D eigenvalue weighted by atomic mass is 32.1. The molecule has 2 aromatic rings. The van der Waals surface area contributed by atoms with Crippen LogP contribution in [0.4, 0.5) is 0 Å². The van der Waals surface area contributed by atoms with E-state index in [4.69, 9.17) is 9.72 Å². The van der Waals surface area contributed by atoms with Gasteiger partial charge in [0.15, 0.2) is 0 Å². The first-order chi connectivity index (χ1) is 11.2. The van der Waals surface area contributed by atoms with Gasteiger partial charge < -0.3 is 9.30 Å². The van der Waals surface area contributed by atoms with Crippen LogP contribution in [0.15, 0.2) is 18.5 Å². The zero-order valence-electron chi connectivity index (χ0n) is 14.0. The van der Waals surface area contributed by atoms with Crippen LogP contribution < -0.4 is 0 Å². The Balaban J connectivity index is 1.54. The summed E-state index contributed by atoms with van der Waals surface area (Å²) in [6, 6.07) is 4.47. The molecule has 0 saturated heterocycles. The molecule has 23 heavy (non-hydrogen) atoms. The van der Waals surface area contributed by atoms with Crippen LogP contribution in [0, 0.1) is 12.8 Å². The van der Waals surface area contributed by atoms with Crippen LogP contribution in [-0.2, 0) is 24.4 Å². The number of nitrogens with zero attached hydrogens (tertiary/aromatic N) is 3. The summed E-state index contributed by atoms with van der Waals surface area (Å²) in [5, 5.41) is 0. The third-order valence-corrected chi connectivity index (χ3v) is 5.88. The van der Waals surface area contributed by atoms with Crippen LogP contribution in [0.3, 0.4) is 0 Å². The minimum absolute atomic E-state index is 0.436. The summed E-state index contributed by atoms with van der Waals surface area (Å²) < 4.78 is 7.93. The molecule has 1 fully saturated rings. The first kappa shape index (κ1) is 15.4. The van der Waals surface area contributed by atoms with Crippen molar-refractivity contribution in [1.29, 1.82) is 0 Å². The number of aromatic nitrogens is 2. The summed E-state index contributed by atoms with van der Waals surface area (Å²) in [4.78, 5) is 10.1. The Morgan fingerprint density at radius 3 is 2.91 bits per heavy atom. The second-order valence-corrected chi connectivity index (χ2v) is 8.38. The number of fused-ring (bicyclic) bond motifs is 1. The summed E-state index contributed by atoms with van der Waals surface area (Å²) >= 11 is 1.90. The van der Waals surface area contributed by atoms with Crippen molar-refractivity contribution in [2.24, 2.45) is 5.92 Å². The highest BCUT2D eigenvalue weighted by Crippen LogP contribution is 2.35. The summed E-state index contributed by atoms with van der Waals surface area (Å²) in [6.45, 7) is 7.15. The van der Waals surface area contributed by atoms with E-state index in [2.05, 4.69) is 34.9 Å². The van der Waals surface area contributed by atoms with Crippen molar-refractivity contribution in [3.63, 3.8) is 0 Å². The Labute approximate surface area is 142 Å². The molecule has 124 valence electrons. The summed E-state index contributed by atoms with van der Waals surface area (Å²) in [6.07, 6.45) is 4.82. The van der Waals surface area contributed by atoms with Crippen molar-refractivity contribution < 1.29 is 4.74 Å². The molecule has 1 unspecified atom stereocenters. The number of rotatable bonds is 6. The SMILES string of the molecule is COCC1CN(Cc2ccc(C)s2)Cc2ncn(CC3CC3)c21. The smallest absolute Gasteiger partial charge is 0.0952 e. The highest BCUT2D eigenvalue weighted by molar-refractivity contribution is 7.11. The number of hydrogen-bond acceptors (Lipinski definition) is 4. The van der Waals surface area contributed by atoms with Crippen molar-refractivity contribution in [2.45, 2.75) is 45.3 Å². The summed E-state index contributed by atoms with van der Waals surface area (Å²) in [7, 11) is 1.81. The fourth-order valence-electron chi connectivity index (χ4n) is 3.67. The molecule has 5 heteroatoms. The molecule has 1 aliphatic heterocycles. The minimum atomic E-state index is 0.436. The largest absolute Gasteiger partial charge is 0.384 e. The molecule has 1 saturated carbocycles. The lowest BCUT2D eigenvalue weighted by atomic mass is 9.98. The summed E-state index contributed by atoms with van der Waals surface area (Å²) in [5.74, 6) is 1.31. The van der Waals surface area contributed by atoms with Crippen LogP contribution in [0.1, 0.15) is 39.9 Å². The minimum Gasteiger partial charge on any atom is -0.384 e. The molecule has 1 atom stereocenters. The van der Waals surface area contributed by atoms with Crippen LogP contribution >= 0.6 is 11.3 Å². The molecule has 3 heterocycles. The summed E-state index contributed by atoms with van der Waals surface area (Å²) in [5.41, 5.74) is 2.68. The van der Waals surface area contributed by atoms with Crippen molar-refractivity contribution in [1.82, 2.24) is 14.5 Å². The fourth-order valence-corrected chi connectivity index (χ4v) is 4.60. The van der Waals surface area contributed by atoms with E-state index < -0.39 is 0 Å². The zero-order chi connectivity index (χ0) is 15.8. The van der Waals surface area contributed by atoms with Gasteiger partial charge in [-0.2, -0.15) is 0 Å². The van der Waals surface area contributed by atoms with Crippen molar-refractivity contribution in [2.75, 3.05) is 20.3 Å². The molecular weight excluding hydrogens is 306 g/mol. The van der Waals surface area contributed by atoms with E-state index in [-0.39, 0.29) is 0 Å². The van der Waals surface area contributed by atoms with Crippen molar-refractivity contribution in [3.05, 3.63) is 39.6 Å². The third-order valence-electron chi connectivity index (χ3n) is 4.89. The molecule has 2 aromatic heterocycles. The van der Waals surface area contributed by atoms with Crippen LogP contribution in [0.2, 0.25) is 0 Å². The second-order valence-electron chi connectivity index (χ2n) is 7.01. The number of methoxy groups -OCH3 is 1. The Morgan fingerprint density at radius 2 is 2.22 bits per heavy atom. The maximum Gasteiger partial charge on any atom is 0.0952 e. The van der Waals surface area contributed by atoms with Gasteiger partial charge in [-0.25, -0.2) is 4.98 Å². The standard InChI is InChI=1S/C18H25N3OS/c1-13-3-6-16(23-13)9-20-8-15(11-22-2)18-17(10-20)19-12-21(18)7-14-4-5-14/h3,6,12,14-15H,4-5,7-11H2,1-2H3. The second kappa shape index (κ2) is 6.38. The lowest BCUT2D eigenvalue weighted by molar-refractivity contribution is 0.132. The predicted octanol–water partition coefficient (Wildman–Crippen LogP) is 3.41. The van der Waals surface area contributed by atoms with Gasteiger partial charge in [0.05, 0.1) is 18.6 Å². The van der Waals surface area contributed by atoms with E-state index in [0.29, 0.717) is 5.92 Å². The average molecular weight is 331 g/mol. The first-order valence-electron chi connectivity index (χ1n) is 8.53. The number of thiophene rings is 1. The van der Waals surface area contributed by atoms with Crippen LogP contribution in [0.5, 0.6) is 0 Å². The quantitative estimate of drug-likeness (QED) is 0.812. The molecule has 4 nitrogen and oxygen atoms in total. The maximum atomic E-state index is 5.52. The zero-order valence-corrected chi connectivity index (χ0v) is 14.8. The van der Waals surface area contributed by atoms with Gasteiger partial charge in [-0.05, 0) is 37.8 Å². The van der Waals surface area contributed by atoms with Gasteiger partial charge in [0, 0.05) is 54.7 Å². The van der Waals surface area contributed by atoms with Crippen molar-refractivity contribution >= 4 is 11.3 Å². The molecule has 0 aromatic carbocycles. The Bertz CT molecular complexity index is 674. The fraction of sp³-hybridized carbons (Fsp3) is 0.611. The number of hydrogen-bond donors (Lipinski definition) is 0. The number of ether oxygens (including phenoxy) is 1. The van der Waals surface area contributed by atoms with Gasteiger partial charge in [0.25, 0.3) is 0 Å². The van der Waals surface area contributed by atoms with Gasteiger partial charge >= 0.3 is 0 Å². The first-order valence-corrected chi connectivity index (χ1v) is 9.35. The lowest BCUT2D eigenvalue weighted by Crippen LogP contribution is -2.36. The lowest BCUT2D eigenvalue weighted by Gasteiger charge is -2.32. The molecule has 0 N–H and O–H groups in total. The van der Waals surface area contributed by atoms with Crippen molar-refractivity contribution in [3.8, 4) is 0 Å². The molecule has 1 aliphatic carbocycles. The number of aryl methyl sites for hydroxylation is 1. The monoisotopic (exact) mass is 331 g/mol. The molecule has 4 rings (SSSR count). The van der Waals surface area contributed by atoms with Gasteiger partial charge in [0.1, 0.15) is 0 Å². The average Bonchev–Trinajstić information content (AvgIpc) is 3.11. The van der Waals surface area contributed by atoms with Crippen LogP contribution in [-0.4, -0.2) is 34.7 Å². The normalized spacial score (nSPS) is 21.6. The molecular formula is C18H25N3OS. The predicted molar refractivity (Wildman–Crippen MR) is 92.7 cm³/mol. The maximum absolute atomic E-state index is 5.52. The molecule has 0 bridgehead atoms. The molecule has 2 aliphatic rings. The van der Waals surface area contributed by atoms with Gasteiger partial charge in [-0.3, -0.25) is 4.90 Å². The van der Waals surface area contributed by atoms with E-state index in [0.717, 1.165) is 38.7 Å². The molecule has 0 radical (unpaired) electrons. The topological polar surface area (TPSA) is 30.3 Å². The Kier molecular flexibility index (Phi) is 4.26. The van der Waals surface area contributed by atoms with Gasteiger partial charge in [-0.15, -0.1) is 11.3 Å². The molecule has 0 amide bonds. The van der Waals surface area contributed by atoms with E-state index in [9.17, 15) is 0 Å². The van der Waals surface area contributed by atoms with E-state index in [1.807, 2.05) is 18.4 Å².